The van der Waals surface area contributed by atoms with Crippen LogP contribution in [0, 0.1) is 17.3 Å². The number of hydrogen-bond acceptors (Lipinski definition) is 2. The molecule has 0 spiro atoms. The van der Waals surface area contributed by atoms with Crippen molar-refractivity contribution in [2.24, 2.45) is 17.3 Å². The van der Waals surface area contributed by atoms with Crippen LogP contribution in [0.25, 0.3) is 0 Å². The third-order valence-corrected chi connectivity index (χ3v) is 4.97. The van der Waals surface area contributed by atoms with Crippen LogP contribution in [0.15, 0.2) is 0 Å². The molecule has 3 unspecified atom stereocenters. The standard InChI is InChI=1S/C17H33NO/c1-6-13(2)11-17(12-18-16(3,4)5)9-10-19-15(17)14-7-8-14/h13-15,18H,6-12H2,1-5H3. The monoisotopic (exact) mass is 267 g/mol. The molecule has 0 aromatic heterocycles. The van der Waals surface area contributed by atoms with Crippen LogP contribution in [0.1, 0.15) is 66.7 Å². The number of hydrogen-bond donors (Lipinski definition) is 1. The summed E-state index contributed by atoms with van der Waals surface area (Å²) in [6.45, 7) is 13.6. The first-order chi connectivity index (χ1) is 8.86. The Morgan fingerprint density at radius 2 is 2.00 bits per heavy atom. The van der Waals surface area contributed by atoms with Gasteiger partial charge in [-0.2, -0.15) is 0 Å². The highest BCUT2D eigenvalue weighted by Crippen LogP contribution is 2.50. The summed E-state index contributed by atoms with van der Waals surface area (Å²) in [6, 6.07) is 0. The molecule has 2 fully saturated rings. The van der Waals surface area contributed by atoms with Gasteiger partial charge in [-0.15, -0.1) is 0 Å². The minimum atomic E-state index is 0.207. The van der Waals surface area contributed by atoms with Crippen molar-refractivity contribution in [3.63, 3.8) is 0 Å². The molecule has 0 bridgehead atoms. The molecule has 1 aliphatic heterocycles. The summed E-state index contributed by atoms with van der Waals surface area (Å²) < 4.78 is 6.16. The van der Waals surface area contributed by atoms with E-state index in [2.05, 4.69) is 39.9 Å². The van der Waals surface area contributed by atoms with Crippen LogP contribution in [0.2, 0.25) is 0 Å². The fraction of sp³-hybridized carbons (Fsp3) is 1.00. The fourth-order valence-corrected chi connectivity index (χ4v) is 3.50. The van der Waals surface area contributed by atoms with Crippen LogP contribution in [0.3, 0.4) is 0 Å². The summed E-state index contributed by atoms with van der Waals surface area (Å²) in [5, 5.41) is 3.77. The van der Waals surface area contributed by atoms with Gasteiger partial charge in [-0.1, -0.05) is 20.3 Å². The summed E-state index contributed by atoms with van der Waals surface area (Å²) in [6.07, 6.45) is 7.17. The van der Waals surface area contributed by atoms with Gasteiger partial charge >= 0.3 is 0 Å². The second kappa shape index (κ2) is 5.73. The highest BCUT2D eigenvalue weighted by atomic mass is 16.5. The maximum atomic E-state index is 6.16. The lowest BCUT2D eigenvalue weighted by Gasteiger charge is -2.39. The summed E-state index contributed by atoms with van der Waals surface area (Å²) in [5.74, 6) is 1.66. The molecule has 1 aliphatic carbocycles. The first kappa shape index (κ1) is 15.3. The van der Waals surface area contributed by atoms with Crippen LogP contribution < -0.4 is 5.32 Å². The normalized spacial score (nSPS) is 33.6. The van der Waals surface area contributed by atoms with E-state index >= 15 is 0 Å². The fourth-order valence-electron chi connectivity index (χ4n) is 3.50. The molecule has 2 aliphatic rings. The highest BCUT2D eigenvalue weighted by molar-refractivity contribution is 5.01. The SMILES string of the molecule is CCC(C)CC1(CNC(C)(C)C)CCOC1C1CC1. The summed E-state index contributed by atoms with van der Waals surface area (Å²) >= 11 is 0. The summed E-state index contributed by atoms with van der Waals surface area (Å²) in [5.41, 5.74) is 0.600. The molecule has 1 N–H and O–H groups in total. The first-order valence-corrected chi connectivity index (χ1v) is 8.23. The molecule has 1 saturated carbocycles. The number of nitrogens with one attached hydrogen (secondary N) is 1. The maximum absolute atomic E-state index is 6.16. The van der Waals surface area contributed by atoms with Crippen LogP contribution in [-0.4, -0.2) is 24.8 Å². The van der Waals surface area contributed by atoms with Crippen LogP contribution >= 0.6 is 0 Å². The van der Waals surface area contributed by atoms with E-state index < -0.39 is 0 Å². The zero-order valence-electron chi connectivity index (χ0n) is 13.6. The molecule has 2 nitrogen and oxygen atoms in total. The Hall–Kier alpha value is -0.0800. The van der Waals surface area contributed by atoms with Crippen molar-refractivity contribution >= 4 is 0 Å². The Balaban J connectivity index is 2.07. The Bertz CT molecular complexity index is 292. The molecule has 0 aromatic rings. The van der Waals surface area contributed by atoms with E-state index in [1.165, 1.54) is 32.1 Å². The number of rotatable bonds is 6. The maximum Gasteiger partial charge on any atom is 0.0672 e. The molecular formula is C17H33NO. The molecule has 3 atom stereocenters. The van der Waals surface area contributed by atoms with Crippen molar-refractivity contribution in [3.8, 4) is 0 Å². The summed E-state index contributed by atoms with van der Waals surface area (Å²) in [4.78, 5) is 0. The quantitative estimate of drug-likeness (QED) is 0.785. The molecule has 0 amide bonds. The molecule has 2 heteroatoms. The molecule has 112 valence electrons. The van der Waals surface area contributed by atoms with Gasteiger partial charge < -0.3 is 10.1 Å². The predicted molar refractivity (Wildman–Crippen MR) is 81.3 cm³/mol. The van der Waals surface area contributed by atoms with E-state index in [-0.39, 0.29) is 5.54 Å². The van der Waals surface area contributed by atoms with Crippen molar-refractivity contribution in [2.75, 3.05) is 13.2 Å². The zero-order chi connectivity index (χ0) is 14.1. The summed E-state index contributed by atoms with van der Waals surface area (Å²) in [7, 11) is 0. The van der Waals surface area contributed by atoms with E-state index in [1.54, 1.807) is 0 Å². The lowest BCUT2D eigenvalue weighted by molar-refractivity contribution is 0.0166. The first-order valence-electron chi connectivity index (χ1n) is 8.23. The van der Waals surface area contributed by atoms with E-state index in [1.807, 2.05) is 0 Å². The van der Waals surface area contributed by atoms with Crippen molar-refractivity contribution in [3.05, 3.63) is 0 Å². The molecule has 19 heavy (non-hydrogen) atoms. The lowest BCUT2D eigenvalue weighted by atomic mass is 9.72. The Morgan fingerprint density at radius 1 is 1.32 bits per heavy atom. The largest absolute Gasteiger partial charge is 0.377 e. The van der Waals surface area contributed by atoms with E-state index in [0.29, 0.717) is 11.5 Å². The second-order valence-electron chi connectivity index (χ2n) is 8.06. The second-order valence-corrected chi connectivity index (χ2v) is 8.06. The minimum Gasteiger partial charge on any atom is -0.377 e. The average Bonchev–Trinajstić information content (AvgIpc) is 3.08. The van der Waals surface area contributed by atoms with Crippen LogP contribution in [-0.2, 0) is 4.74 Å². The topological polar surface area (TPSA) is 21.3 Å². The van der Waals surface area contributed by atoms with Crippen molar-refractivity contribution in [1.29, 1.82) is 0 Å². The average molecular weight is 267 g/mol. The van der Waals surface area contributed by atoms with Crippen molar-refractivity contribution in [2.45, 2.75) is 78.4 Å². The van der Waals surface area contributed by atoms with Gasteiger partial charge in [0.05, 0.1) is 6.10 Å². The Morgan fingerprint density at radius 3 is 2.53 bits per heavy atom. The van der Waals surface area contributed by atoms with Gasteiger partial charge in [0.2, 0.25) is 0 Å². The van der Waals surface area contributed by atoms with Crippen LogP contribution in [0.5, 0.6) is 0 Å². The van der Waals surface area contributed by atoms with Gasteiger partial charge in [0.25, 0.3) is 0 Å². The van der Waals surface area contributed by atoms with E-state index in [4.69, 9.17) is 4.74 Å². The molecule has 0 radical (unpaired) electrons. The lowest BCUT2D eigenvalue weighted by Crippen LogP contribution is -2.48. The molecule has 0 aromatic carbocycles. The number of ether oxygens (including phenoxy) is 1. The minimum absolute atomic E-state index is 0.207. The third kappa shape index (κ3) is 3.95. The zero-order valence-corrected chi connectivity index (χ0v) is 13.6. The van der Waals surface area contributed by atoms with Gasteiger partial charge in [-0.3, -0.25) is 0 Å². The third-order valence-electron chi connectivity index (χ3n) is 4.97. The molecule has 1 heterocycles. The highest BCUT2D eigenvalue weighted by Gasteiger charge is 2.51. The van der Waals surface area contributed by atoms with Gasteiger partial charge in [-0.25, -0.2) is 0 Å². The Labute approximate surface area is 119 Å². The molecule has 2 rings (SSSR count). The van der Waals surface area contributed by atoms with E-state index in [9.17, 15) is 0 Å². The van der Waals surface area contributed by atoms with Crippen molar-refractivity contribution in [1.82, 2.24) is 5.32 Å². The van der Waals surface area contributed by atoms with Crippen molar-refractivity contribution < 1.29 is 4.74 Å². The van der Waals surface area contributed by atoms with E-state index in [0.717, 1.165) is 25.0 Å². The molecule has 1 saturated heterocycles. The van der Waals surface area contributed by atoms with Gasteiger partial charge in [0, 0.05) is 24.1 Å². The van der Waals surface area contributed by atoms with Gasteiger partial charge in [0.15, 0.2) is 0 Å². The Kier molecular flexibility index (Phi) is 4.62. The molecular weight excluding hydrogens is 234 g/mol. The van der Waals surface area contributed by atoms with Gasteiger partial charge in [-0.05, 0) is 58.3 Å². The van der Waals surface area contributed by atoms with Gasteiger partial charge in [0.1, 0.15) is 0 Å². The predicted octanol–water partition coefficient (Wildman–Crippen LogP) is 4.00. The van der Waals surface area contributed by atoms with Crippen LogP contribution in [0.4, 0.5) is 0 Å². The smallest absolute Gasteiger partial charge is 0.0672 e.